The zero-order valence-corrected chi connectivity index (χ0v) is 12.0. The predicted octanol–water partition coefficient (Wildman–Crippen LogP) is 2.61. The molecule has 2 rings (SSSR count). The summed E-state index contributed by atoms with van der Waals surface area (Å²) < 4.78 is 5.69. The molecule has 1 unspecified atom stereocenters. The van der Waals surface area contributed by atoms with E-state index in [0.717, 1.165) is 0 Å². The van der Waals surface area contributed by atoms with Crippen LogP contribution in [0.3, 0.4) is 0 Å². The minimum atomic E-state index is 0.308. The van der Waals surface area contributed by atoms with Gasteiger partial charge in [0, 0.05) is 18.9 Å². The molecule has 108 valence electrons. The van der Waals surface area contributed by atoms with Gasteiger partial charge in [-0.05, 0) is 11.5 Å². The van der Waals surface area contributed by atoms with Crippen molar-refractivity contribution in [3.05, 3.63) is 54.0 Å². The Labute approximate surface area is 124 Å². The first-order valence-corrected chi connectivity index (χ1v) is 6.86. The summed E-state index contributed by atoms with van der Waals surface area (Å²) in [4.78, 5) is 8.07. The second-order valence-corrected chi connectivity index (χ2v) is 4.85. The molecule has 0 saturated heterocycles. The van der Waals surface area contributed by atoms with Gasteiger partial charge in [0.1, 0.15) is 6.07 Å². The van der Waals surface area contributed by atoms with Gasteiger partial charge in [0.15, 0.2) is 11.5 Å². The fraction of sp³-hybridized carbons (Fsp3) is 0.312. The summed E-state index contributed by atoms with van der Waals surface area (Å²) in [6.07, 6.45) is 3.08. The topological polar surface area (TPSA) is 70.8 Å². The number of nitrogens with one attached hydrogen (secondary N) is 1. The molecule has 0 fully saturated rings. The average Bonchev–Trinajstić information content (AvgIpc) is 2.54. The molecular formula is C16H18N4O. The van der Waals surface area contributed by atoms with Crippen molar-refractivity contribution in [2.45, 2.75) is 13.5 Å². The maximum absolute atomic E-state index is 8.93. The lowest BCUT2D eigenvalue weighted by atomic mass is 10.2. The summed E-state index contributed by atoms with van der Waals surface area (Å²) in [7, 11) is 0. The van der Waals surface area contributed by atoms with Gasteiger partial charge < -0.3 is 10.1 Å². The summed E-state index contributed by atoms with van der Waals surface area (Å²) in [6.45, 7) is 4.02. The van der Waals surface area contributed by atoms with Crippen LogP contribution < -0.4 is 5.32 Å². The minimum absolute atomic E-state index is 0.308. The van der Waals surface area contributed by atoms with Crippen LogP contribution in [0.15, 0.2) is 42.7 Å². The van der Waals surface area contributed by atoms with Crippen molar-refractivity contribution in [2.75, 3.05) is 18.5 Å². The van der Waals surface area contributed by atoms with E-state index in [0.29, 0.717) is 37.2 Å². The molecule has 21 heavy (non-hydrogen) atoms. The van der Waals surface area contributed by atoms with Crippen LogP contribution in [-0.4, -0.2) is 23.1 Å². The lowest BCUT2D eigenvalue weighted by Crippen LogP contribution is -2.18. The molecule has 0 aliphatic heterocycles. The molecule has 5 heteroatoms. The van der Waals surface area contributed by atoms with Crippen molar-refractivity contribution in [1.29, 1.82) is 5.26 Å². The minimum Gasteiger partial charge on any atom is -0.376 e. The number of ether oxygens (including phenoxy) is 1. The number of benzene rings is 1. The number of rotatable bonds is 7. The summed E-state index contributed by atoms with van der Waals surface area (Å²) in [5.41, 5.74) is 1.48. The Kier molecular flexibility index (Phi) is 5.68. The highest BCUT2D eigenvalue weighted by Crippen LogP contribution is 2.08. The number of hydrogen-bond donors (Lipinski definition) is 1. The molecule has 0 amide bonds. The molecule has 1 aromatic heterocycles. The van der Waals surface area contributed by atoms with E-state index in [1.165, 1.54) is 11.8 Å². The Morgan fingerprint density at radius 2 is 2.00 bits per heavy atom. The molecule has 1 N–H and O–H groups in total. The average molecular weight is 282 g/mol. The van der Waals surface area contributed by atoms with E-state index in [2.05, 4.69) is 22.2 Å². The number of aromatic nitrogens is 2. The van der Waals surface area contributed by atoms with Crippen molar-refractivity contribution in [3.8, 4) is 6.07 Å². The molecule has 0 saturated carbocycles. The zero-order valence-electron chi connectivity index (χ0n) is 12.0. The van der Waals surface area contributed by atoms with Crippen LogP contribution in [0.25, 0.3) is 0 Å². The van der Waals surface area contributed by atoms with Gasteiger partial charge in [-0.25, -0.2) is 9.97 Å². The lowest BCUT2D eigenvalue weighted by Gasteiger charge is -2.13. The van der Waals surface area contributed by atoms with Crippen LogP contribution in [0.5, 0.6) is 0 Å². The molecule has 1 atom stereocenters. The smallest absolute Gasteiger partial charge is 0.182 e. The van der Waals surface area contributed by atoms with Crippen LogP contribution in [0.1, 0.15) is 18.2 Å². The van der Waals surface area contributed by atoms with Gasteiger partial charge in [-0.1, -0.05) is 37.3 Å². The Bertz CT molecular complexity index is 595. The van der Waals surface area contributed by atoms with Gasteiger partial charge in [-0.15, -0.1) is 0 Å². The van der Waals surface area contributed by atoms with Crippen molar-refractivity contribution in [1.82, 2.24) is 9.97 Å². The first kappa shape index (κ1) is 14.9. The third-order valence-corrected chi connectivity index (χ3v) is 2.94. The molecule has 0 aliphatic rings. The Balaban J connectivity index is 1.73. The van der Waals surface area contributed by atoms with Crippen molar-refractivity contribution >= 4 is 5.82 Å². The molecule has 1 heterocycles. The fourth-order valence-corrected chi connectivity index (χ4v) is 1.83. The lowest BCUT2D eigenvalue weighted by molar-refractivity contribution is 0.0954. The van der Waals surface area contributed by atoms with E-state index in [-0.39, 0.29) is 0 Å². The molecular weight excluding hydrogens is 264 g/mol. The van der Waals surface area contributed by atoms with Crippen LogP contribution in [0, 0.1) is 17.2 Å². The van der Waals surface area contributed by atoms with Gasteiger partial charge in [-0.3, -0.25) is 0 Å². The van der Waals surface area contributed by atoms with E-state index in [4.69, 9.17) is 10.00 Å². The maximum Gasteiger partial charge on any atom is 0.182 e. The monoisotopic (exact) mass is 282 g/mol. The van der Waals surface area contributed by atoms with Crippen molar-refractivity contribution < 1.29 is 4.74 Å². The number of hydrogen-bond acceptors (Lipinski definition) is 5. The molecule has 2 aromatic rings. The predicted molar refractivity (Wildman–Crippen MR) is 80.5 cm³/mol. The summed E-state index contributed by atoms with van der Waals surface area (Å²) in [5.74, 6) is 0.831. The third-order valence-electron chi connectivity index (χ3n) is 2.94. The quantitative estimate of drug-likeness (QED) is 0.845. The number of nitrogens with zero attached hydrogens (tertiary/aromatic N) is 3. The first-order valence-electron chi connectivity index (χ1n) is 6.86. The van der Waals surface area contributed by atoms with Gasteiger partial charge in [0.05, 0.1) is 13.2 Å². The highest BCUT2D eigenvalue weighted by Gasteiger charge is 2.07. The highest BCUT2D eigenvalue weighted by molar-refractivity contribution is 5.46. The fourth-order valence-electron chi connectivity index (χ4n) is 1.83. The Morgan fingerprint density at radius 3 is 2.76 bits per heavy atom. The van der Waals surface area contributed by atoms with Crippen LogP contribution in [0.4, 0.5) is 5.82 Å². The standard InChI is InChI=1S/C16H18N4O/c1-13(11-21-12-14-5-3-2-4-6-14)10-20-16-15(9-17)18-7-8-19-16/h2-8,13H,10-12H2,1H3,(H,19,20). The Hall–Kier alpha value is -2.45. The van der Waals surface area contributed by atoms with E-state index in [1.807, 2.05) is 36.4 Å². The maximum atomic E-state index is 8.93. The van der Waals surface area contributed by atoms with E-state index in [9.17, 15) is 0 Å². The number of anilines is 1. The van der Waals surface area contributed by atoms with Crippen LogP contribution in [-0.2, 0) is 11.3 Å². The van der Waals surface area contributed by atoms with Gasteiger partial charge in [0.2, 0.25) is 0 Å². The molecule has 0 aliphatic carbocycles. The zero-order chi connectivity index (χ0) is 14.9. The molecule has 0 spiro atoms. The van der Waals surface area contributed by atoms with E-state index < -0.39 is 0 Å². The third kappa shape index (κ3) is 4.86. The highest BCUT2D eigenvalue weighted by atomic mass is 16.5. The van der Waals surface area contributed by atoms with Gasteiger partial charge in [-0.2, -0.15) is 5.26 Å². The van der Waals surface area contributed by atoms with Crippen LogP contribution in [0.2, 0.25) is 0 Å². The van der Waals surface area contributed by atoms with Crippen molar-refractivity contribution in [3.63, 3.8) is 0 Å². The molecule has 0 radical (unpaired) electrons. The largest absolute Gasteiger partial charge is 0.376 e. The summed E-state index contributed by atoms with van der Waals surface area (Å²) in [6, 6.07) is 12.1. The second-order valence-electron chi connectivity index (χ2n) is 4.85. The Morgan fingerprint density at radius 1 is 1.24 bits per heavy atom. The normalized spacial score (nSPS) is 11.6. The summed E-state index contributed by atoms with van der Waals surface area (Å²) in [5, 5.41) is 12.1. The van der Waals surface area contributed by atoms with E-state index >= 15 is 0 Å². The number of nitriles is 1. The SMILES string of the molecule is CC(CNc1nccnc1C#N)COCc1ccccc1. The van der Waals surface area contributed by atoms with E-state index in [1.54, 1.807) is 6.20 Å². The molecule has 1 aromatic carbocycles. The molecule has 5 nitrogen and oxygen atoms in total. The summed E-state index contributed by atoms with van der Waals surface area (Å²) >= 11 is 0. The molecule has 0 bridgehead atoms. The van der Waals surface area contributed by atoms with Gasteiger partial charge >= 0.3 is 0 Å². The van der Waals surface area contributed by atoms with Gasteiger partial charge in [0.25, 0.3) is 0 Å². The van der Waals surface area contributed by atoms with Crippen molar-refractivity contribution in [2.24, 2.45) is 5.92 Å². The first-order chi connectivity index (χ1) is 10.3. The second kappa shape index (κ2) is 7.98. The van der Waals surface area contributed by atoms with Crippen LogP contribution >= 0.6 is 0 Å².